The van der Waals surface area contributed by atoms with Crippen LogP contribution in [0.2, 0.25) is 0 Å². The van der Waals surface area contributed by atoms with E-state index in [1.54, 1.807) is 0 Å². The van der Waals surface area contributed by atoms with Crippen molar-refractivity contribution in [2.45, 2.75) is 6.61 Å². The molecule has 0 spiro atoms. The number of para-hydroxylation sites is 1. The second-order valence-electron chi connectivity index (χ2n) is 6.47. The van der Waals surface area contributed by atoms with Gasteiger partial charge >= 0.3 is 0 Å². The summed E-state index contributed by atoms with van der Waals surface area (Å²) in [5, 5.41) is 3.50. The van der Waals surface area contributed by atoms with Crippen molar-refractivity contribution in [1.29, 1.82) is 0 Å². The van der Waals surface area contributed by atoms with Gasteiger partial charge in [0.05, 0.1) is 10.6 Å². The van der Waals surface area contributed by atoms with Crippen molar-refractivity contribution in [3.05, 3.63) is 89.3 Å². The Labute approximate surface area is 166 Å². The first kappa shape index (κ1) is 16.7. The standard InChI is InChI=1S/C23H16N2O2S/c26-22(17-12-10-16(11-13-17)15-6-2-1-3-7-15)25-23-24-21-18-8-4-5-9-19(18)27-14-20(21)28-23/h1-13H,14H2,(H,24,25,26). The molecular formula is C23H16N2O2S. The Kier molecular flexibility index (Phi) is 4.14. The lowest BCUT2D eigenvalue weighted by atomic mass is 10.0. The molecule has 0 radical (unpaired) electrons. The van der Waals surface area contributed by atoms with E-state index in [1.165, 1.54) is 11.3 Å². The second kappa shape index (κ2) is 6.94. The molecule has 1 amide bonds. The zero-order valence-electron chi connectivity index (χ0n) is 14.9. The van der Waals surface area contributed by atoms with Crippen LogP contribution >= 0.6 is 11.3 Å². The van der Waals surface area contributed by atoms with Crippen LogP contribution in [-0.4, -0.2) is 10.9 Å². The summed E-state index contributed by atoms with van der Waals surface area (Å²) in [6.45, 7) is 0.478. The van der Waals surface area contributed by atoms with Gasteiger partial charge in [-0.15, -0.1) is 0 Å². The Balaban J connectivity index is 1.36. The van der Waals surface area contributed by atoms with E-state index in [9.17, 15) is 4.79 Å². The Hall–Kier alpha value is -3.44. The predicted octanol–water partition coefficient (Wildman–Crippen LogP) is 5.62. The fraction of sp³-hybridized carbons (Fsp3) is 0.0435. The molecule has 5 heteroatoms. The number of anilines is 1. The molecule has 0 aliphatic carbocycles. The highest BCUT2D eigenvalue weighted by Crippen LogP contribution is 2.40. The number of ether oxygens (including phenoxy) is 1. The van der Waals surface area contributed by atoms with Gasteiger partial charge in [-0.25, -0.2) is 4.98 Å². The molecule has 1 N–H and O–H groups in total. The normalized spacial score (nSPS) is 11.9. The van der Waals surface area contributed by atoms with Crippen molar-refractivity contribution in [2.24, 2.45) is 0 Å². The van der Waals surface area contributed by atoms with Gasteiger partial charge in [0, 0.05) is 11.1 Å². The van der Waals surface area contributed by atoms with E-state index in [2.05, 4.69) is 22.4 Å². The fourth-order valence-corrected chi connectivity index (χ4v) is 4.14. The lowest BCUT2D eigenvalue weighted by Crippen LogP contribution is -2.11. The quantitative estimate of drug-likeness (QED) is 0.499. The summed E-state index contributed by atoms with van der Waals surface area (Å²) in [5.41, 5.74) is 4.66. The first-order valence-corrected chi connectivity index (χ1v) is 9.78. The second-order valence-corrected chi connectivity index (χ2v) is 7.56. The first-order chi connectivity index (χ1) is 13.8. The molecule has 0 atom stereocenters. The molecule has 4 nitrogen and oxygen atoms in total. The monoisotopic (exact) mass is 384 g/mol. The van der Waals surface area contributed by atoms with Gasteiger partial charge in [0.25, 0.3) is 5.91 Å². The van der Waals surface area contributed by atoms with Crippen LogP contribution in [0.25, 0.3) is 22.4 Å². The molecule has 0 unspecified atom stereocenters. The molecule has 3 aromatic carbocycles. The van der Waals surface area contributed by atoms with Gasteiger partial charge in [-0.3, -0.25) is 10.1 Å². The molecule has 0 saturated heterocycles. The van der Waals surface area contributed by atoms with Crippen LogP contribution in [0.3, 0.4) is 0 Å². The molecule has 5 rings (SSSR count). The van der Waals surface area contributed by atoms with E-state index < -0.39 is 0 Å². The van der Waals surface area contributed by atoms with E-state index in [4.69, 9.17) is 4.74 Å². The number of aromatic nitrogens is 1. The number of rotatable bonds is 3. The molecule has 28 heavy (non-hydrogen) atoms. The number of carbonyl (C=O) groups is 1. The Morgan fingerprint density at radius 1 is 0.893 bits per heavy atom. The Morgan fingerprint density at radius 2 is 1.61 bits per heavy atom. The molecule has 1 aliphatic heterocycles. The molecule has 0 saturated carbocycles. The van der Waals surface area contributed by atoms with Crippen molar-refractivity contribution in [1.82, 2.24) is 4.98 Å². The summed E-state index contributed by atoms with van der Waals surface area (Å²) in [6, 6.07) is 25.5. The van der Waals surface area contributed by atoms with Crippen molar-refractivity contribution in [2.75, 3.05) is 5.32 Å². The van der Waals surface area contributed by atoms with E-state index in [0.717, 1.165) is 33.0 Å². The van der Waals surface area contributed by atoms with Gasteiger partial charge in [-0.1, -0.05) is 65.9 Å². The smallest absolute Gasteiger partial charge is 0.257 e. The highest BCUT2D eigenvalue weighted by atomic mass is 32.1. The van der Waals surface area contributed by atoms with Crippen LogP contribution in [0.5, 0.6) is 5.75 Å². The summed E-state index contributed by atoms with van der Waals surface area (Å²) in [4.78, 5) is 18.3. The highest BCUT2D eigenvalue weighted by Gasteiger charge is 2.22. The topological polar surface area (TPSA) is 51.2 Å². The molecule has 0 bridgehead atoms. The summed E-state index contributed by atoms with van der Waals surface area (Å²) in [6.07, 6.45) is 0. The largest absolute Gasteiger partial charge is 0.487 e. The van der Waals surface area contributed by atoms with Gasteiger partial charge in [0.15, 0.2) is 5.13 Å². The van der Waals surface area contributed by atoms with Gasteiger partial charge in [0.2, 0.25) is 0 Å². The summed E-state index contributed by atoms with van der Waals surface area (Å²) in [7, 11) is 0. The van der Waals surface area contributed by atoms with Crippen molar-refractivity contribution in [3.8, 4) is 28.1 Å². The third-order valence-electron chi connectivity index (χ3n) is 4.67. The van der Waals surface area contributed by atoms with Crippen LogP contribution < -0.4 is 10.1 Å². The van der Waals surface area contributed by atoms with Crippen LogP contribution in [0.4, 0.5) is 5.13 Å². The third kappa shape index (κ3) is 3.06. The molecule has 4 aromatic rings. The maximum atomic E-state index is 12.6. The maximum Gasteiger partial charge on any atom is 0.257 e. The van der Waals surface area contributed by atoms with E-state index in [-0.39, 0.29) is 5.91 Å². The van der Waals surface area contributed by atoms with Crippen LogP contribution in [-0.2, 0) is 6.61 Å². The average molecular weight is 384 g/mol. The Bertz CT molecular complexity index is 1150. The van der Waals surface area contributed by atoms with Crippen LogP contribution in [0.1, 0.15) is 15.2 Å². The lowest BCUT2D eigenvalue weighted by molar-refractivity contribution is 0.102. The number of hydrogen-bond acceptors (Lipinski definition) is 4. The van der Waals surface area contributed by atoms with Crippen LogP contribution in [0, 0.1) is 0 Å². The zero-order chi connectivity index (χ0) is 18.9. The number of benzene rings is 3. The maximum absolute atomic E-state index is 12.6. The number of carbonyl (C=O) groups excluding carboxylic acids is 1. The predicted molar refractivity (Wildman–Crippen MR) is 112 cm³/mol. The van der Waals surface area contributed by atoms with Crippen molar-refractivity contribution < 1.29 is 9.53 Å². The Morgan fingerprint density at radius 3 is 2.43 bits per heavy atom. The highest BCUT2D eigenvalue weighted by molar-refractivity contribution is 7.16. The summed E-state index contributed by atoms with van der Waals surface area (Å²) in [5.74, 6) is 0.662. The number of nitrogens with one attached hydrogen (secondary N) is 1. The van der Waals surface area contributed by atoms with E-state index in [0.29, 0.717) is 17.3 Å². The SMILES string of the molecule is O=C(Nc1nc2c(s1)COc1ccccc1-2)c1ccc(-c2ccccc2)cc1. The average Bonchev–Trinajstić information content (AvgIpc) is 3.17. The number of nitrogens with zero attached hydrogens (tertiary/aromatic N) is 1. The minimum Gasteiger partial charge on any atom is -0.487 e. The first-order valence-electron chi connectivity index (χ1n) is 8.97. The minimum atomic E-state index is -0.167. The van der Waals surface area contributed by atoms with Gasteiger partial charge in [-0.05, 0) is 35.4 Å². The summed E-state index contributed by atoms with van der Waals surface area (Å²) < 4.78 is 5.77. The number of thiazole rings is 1. The molecular weight excluding hydrogens is 368 g/mol. The van der Waals surface area contributed by atoms with Crippen molar-refractivity contribution >= 4 is 22.4 Å². The number of fused-ring (bicyclic) bond motifs is 3. The fourth-order valence-electron chi connectivity index (χ4n) is 3.26. The molecule has 2 heterocycles. The molecule has 136 valence electrons. The van der Waals surface area contributed by atoms with E-state index >= 15 is 0 Å². The number of amides is 1. The molecule has 1 aliphatic rings. The molecule has 0 fully saturated rings. The molecule has 1 aromatic heterocycles. The summed E-state index contributed by atoms with van der Waals surface area (Å²) >= 11 is 1.45. The van der Waals surface area contributed by atoms with E-state index in [1.807, 2.05) is 66.7 Å². The third-order valence-corrected chi connectivity index (χ3v) is 5.62. The van der Waals surface area contributed by atoms with Gasteiger partial charge < -0.3 is 4.74 Å². The zero-order valence-corrected chi connectivity index (χ0v) is 15.7. The number of hydrogen-bond donors (Lipinski definition) is 1. The van der Waals surface area contributed by atoms with Gasteiger partial charge in [0.1, 0.15) is 12.4 Å². The van der Waals surface area contributed by atoms with Crippen molar-refractivity contribution in [3.63, 3.8) is 0 Å². The van der Waals surface area contributed by atoms with Gasteiger partial charge in [-0.2, -0.15) is 0 Å². The van der Waals surface area contributed by atoms with Crippen LogP contribution in [0.15, 0.2) is 78.9 Å². The minimum absolute atomic E-state index is 0.167. The lowest BCUT2D eigenvalue weighted by Gasteiger charge is -2.15.